The standard InChI is InChI=1S/C24H20F3S.CHF3O3S/c1-19-12-14-20(15-13-19)16-17-21(24(25,26)27)18-28(22-8-4-2-5-9-22)23-10-6-3-7-11-23;2-1(3,4)8(5,6)7/h2-18H,1H3;(H,5,6,7)/q+1;/p-1/b17-16+,21-18+;. The minimum absolute atomic E-state index is 0.649. The van der Waals surface area contributed by atoms with Crippen molar-refractivity contribution in [2.45, 2.75) is 28.4 Å². The van der Waals surface area contributed by atoms with Crippen molar-refractivity contribution in [2.75, 3.05) is 0 Å². The van der Waals surface area contributed by atoms with E-state index >= 15 is 0 Å². The van der Waals surface area contributed by atoms with Crippen molar-refractivity contribution in [1.29, 1.82) is 0 Å². The van der Waals surface area contributed by atoms with Gasteiger partial charge < -0.3 is 4.55 Å². The van der Waals surface area contributed by atoms with Gasteiger partial charge in [0, 0.05) is 0 Å². The van der Waals surface area contributed by atoms with Gasteiger partial charge in [-0.2, -0.15) is 26.3 Å². The molecule has 0 aliphatic carbocycles. The van der Waals surface area contributed by atoms with Crippen molar-refractivity contribution < 1.29 is 39.3 Å². The van der Waals surface area contributed by atoms with E-state index in [0.717, 1.165) is 27.0 Å². The zero-order chi connectivity index (χ0) is 27.0. The summed E-state index contributed by atoms with van der Waals surface area (Å²) >= 11 is 0. The molecule has 0 fully saturated rings. The highest BCUT2D eigenvalue weighted by Crippen LogP contribution is 2.33. The Labute approximate surface area is 207 Å². The molecular weight excluding hydrogens is 526 g/mol. The Bertz CT molecular complexity index is 1230. The number of hydrogen-bond donors (Lipinski definition) is 0. The van der Waals surface area contributed by atoms with Crippen LogP contribution in [0.25, 0.3) is 6.08 Å². The monoisotopic (exact) mass is 546 g/mol. The summed E-state index contributed by atoms with van der Waals surface area (Å²) in [7, 11) is -6.91. The van der Waals surface area contributed by atoms with Crippen molar-refractivity contribution >= 4 is 27.1 Å². The van der Waals surface area contributed by atoms with E-state index in [9.17, 15) is 26.3 Å². The first kappa shape index (κ1) is 29.2. The zero-order valence-electron chi connectivity index (χ0n) is 18.6. The molecule has 0 bridgehead atoms. The van der Waals surface area contributed by atoms with E-state index in [0.29, 0.717) is 0 Å². The highest BCUT2D eigenvalue weighted by molar-refractivity contribution is 7.99. The van der Waals surface area contributed by atoms with Gasteiger partial charge in [-0.15, -0.1) is 0 Å². The lowest BCUT2D eigenvalue weighted by molar-refractivity contribution is -0.0879. The van der Waals surface area contributed by atoms with Gasteiger partial charge in [0.2, 0.25) is 0 Å². The molecule has 36 heavy (non-hydrogen) atoms. The van der Waals surface area contributed by atoms with Crippen molar-refractivity contribution in [2.24, 2.45) is 0 Å². The molecule has 0 N–H and O–H groups in total. The first-order valence-corrected chi connectivity index (χ1v) is 12.8. The Hall–Kier alpha value is -3.02. The molecule has 0 unspecified atom stereocenters. The normalized spacial score (nSPS) is 13.0. The Balaban J connectivity index is 0.000000493. The average Bonchev–Trinajstić information content (AvgIpc) is 2.80. The fourth-order valence-electron chi connectivity index (χ4n) is 2.60. The summed E-state index contributed by atoms with van der Waals surface area (Å²) in [6.45, 7) is 1.94. The molecule has 3 aromatic carbocycles. The largest absolute Gasteiger partial charge is 0.741 e. The summed E-state index contributed by atoms with van der Waals surface area (Å²) in [6.07, 6.45) is -1.76. The third-order valence-electron chi connectivity index (χ3n) is 4.38. The van der Waals surface area contributed by atoms with Crippen LogP contribution in [0.5, 0.6) is 0 Å². The second-order valence-electron chi connectivity index (χ2n) is 7.18. The quantitative estimate of drug-likeness (QED) is 0.111. The zero-order valence-corrected chi connectivity index (χ0v) is 20.3. The molecule has 0 aromatic heterocycles. The van der Waals surface area contributed by atoms with Gasteiger partial charge in [-0.3, -0.25) is 0 Å². The fourth-order valence-corrected chi connectivity index (χ4v) is 4.51. The van der Waals surface area contributed by atoms with E-state index in [-0.39, 0.29) is 0 Å². The van der Waals surface area contributed by atoms with Crippen LogP contribution in [0.4, 0.5) is 26.3 Å². The number of rotatable bonds is 5. The molecule has 3 nitrogen and oxygen atoms in total. The molecular formula is C25H20F6O3S2. The van der Waals surface area contributed by atoms with E-state index in [1.54, 1.807) is 0 Å². The molecule has 192 valence electrons. The van der Waals surface area contributed by atoms with Crippen LogP contribution in [-0.2, 0) is 21.0 Å². The highest BCUT2D eigenvalue weighted by atomic mass is 32.2. The van der Waals surface area contributed by atoms with Crippen LogP contribution < -0.4 is 0 Å². The Morgan fingerprint density at radius 3 is 1.56 bits per heavy atom. The summed E-state index contributed by atoms with van der Waals surface area (Å²) in [6, 6.07) is 26.0. The average molecular weight is 547 g/mol. The van der Waals surface area contributed by atoms with Gasteiger partial charge in [0.05, 0.1) is 10.9 Å². The maximum Gasteiger partial charge on any atom is 0.485 e. The highest BCUT2D eigenvalue weighted by Gasteiger charge is 2.37. The van der Waals surface area contributed by atoms with Crippen LogP contribution in [0.1, 0.15) is 11.1 Å². The van der Waals surface area contributed by atoms with Crippen LogP contribution in [0.3, 0.4) is 0 Å². The summed E-state index contributed by atoms with van der Waals surface area (Å²) < 4.78 is 100. The van der Waals surface area contributed by atoms with Crippen molar-refractivity contribution in [3.63, 3.8) is 0 Å². The lowest BCUT2D eigenvalue weighted by Crippen LogP contribution is -2.21. The predicted octanol–water partition coefficient (Wildman–Crippen LogP) is 7.24. The van der Waals surface area contributed by atoms with Crippen molar-refractivity contribution in [3.8, 4) is 0 Å². The summed E-state index contributed by atoms with van der Waals surface area (Å²) in [5.41, 5.74) is -4.49. The molecule has 11 heteroatoms. The molecule has 0 amide bonds. The van der Waals surface area contributed by atoms with Gasteiger partial charge >= 0.3 is 11.7 Å². The first-order valence-electron chi connectivity index (χ1n) is 10.1. The number of allylic oxidation sites excluding steroid dienone is 2. The minimum atomic E-state index is -6.09. The molecule has 0 saturated heterocycles. The molecule has 0 spiro atoms. The smallest absolute Gasteiger partial charge is 0.485 e. The topological polar surface area (TPSA) is 57.2 Å². The lowest BCUT2D eigenvalue weighted by Gasteiger charge is -2.09. The van der Waals surface area contributed by atoms with Crippen LogP contribution in [0.15, 0.2) is 112 Å². The predicted molar refractivity (Wildman–Crippen MR) is 127 cm³/mol. The van der Waals surface area contributed by atoms with Gasteiger partial charge in [-0.25, -0.2) is 8.42 Å². The van der Waals surface area contributed by atoms with E-state index in [4.69, 9.17) is 13.0 Å². The molecule has 0 saturated carbocycles. The molecule has 0 heterocycles. The molecule has 0 radical (unpaired) electrons. The van der Waals surface area contributed by atoms with Crippen molar-refractivity contribution in [1.82, 2.24) is 0 Å². The summed E-state index contributed by atoms with van der Waals surface area (Å²) in [5.74, 6) is 0. The molecule has 0 atom stereocenters. The SMILES string of the molecule is Cc1ccc(/C=C/C(=C\[S+](c2ccccc2)c2ccccc2)C(F)(F)F)cc1.O=S(=O)([O-])C(F)(F)F. The van der Waals surface area contributed by atoms with E-state index in [1.165, 1.54) is 11.5 Å². The summed E-state index contributed by atoms with van der Waals surface area (Å²) in [4.78, 5) is 1.69. The van der Waals surface area contributed by atoms with Gasteiger partial charge in [0.25, 0.3) is 0 Å². The Morgan fingerprint density at radius 1 is 0.778 bits per heavy atom. The van der Waals surface area contributed by atoms with E-state index in [1.807, 2.05) is 91.9 Å². The van der Waals surface area contributed by atoms with Crippen LogP contribution in [-0.4, -0.2) is 24.7 Å². The minimum Gasteiger partial charge on any atom is -0.741 e. The van der Waals surface area contributed by atoms with Gasteiger partial charge in [-0.05, 0) is 42.8 Å². The van der Waals surface area contributed by atoms with Gasteiger partial charge in [0.1, 0.15) is 11.0 Å². The first-order chi connectivity index (χ1) is 16.7. The molecule has 0 aliphatic rings. The number of hydrogen-bond acceptors (Lipinski definition) is 3. The number of aryl methyl sites for hydroxylation is 1. The van der Waals surface area contributed by atoms with Gasteiger partial charge in [0.15, 0.2) is 19.9 Å². The second kappa shape index (κ2) is 12.3. The van der Waals surface area contributed by atoms with Crippen LogP contribution in [0, 0.1) is 6.92 Å². The van der Waals surface area contributed by atoms with Crippen LogP contribution >= 0.6 is 0 Å². The maximum atomic E-state index is 13.8. The van der Waals surface area contributed by atoms with Crippen molar-refractivity contribution in [3.05, 3.63) is 113 Å². The number of benzene rings is 3. The number of alkyl halides is 6. The maximum absolute atomic E-state index is 13.8. The lowest BCUT2D eigenvalue weighted by atomic mass is 10.1. The van der Waals surface area contributed by atoms with E-state index < -0.39 is 38.3 Å². The summed E-state index contributed by atoms with van der Waals surface area (Å²) in [5, 5.41) is 1.33. The third kappa shape index (κ3) is 9.21. The fraction of sp³-hybridized carbons (Fsp3) is 0.120. The molecule has 3 aromatic rings. The molecule has 0 aliphatic heterocycles. The number of halogens is 6. The van der Waals surface area contributed by atoms with E-state index in [2.05, 4.69) is 0 Å². The second-order valence-corrected chi connectivity index (χ2v) is 10.4. The van der Waals surface area contributed by atoms with Gasteiger partial charge in [-0.1, -0.05) is 72.3 Å². The Kier molecular flexibility index (Phi) is 9.97. The van der Waals surface area contributed by atoms with Crippen LogP contribution in [0.2, 0.25) is 0 Å². The third-order valence-corrected chi connectivity index (χ3v) is 7.00. The Morgan fingerprint density at radius 2 is 1.19 bits per heavy atom. The molecule has 3 rings (SSSR count).